The van der Waals surface area contributed by atoms with Gasteiger partial charge in [-0.2, -0.15) is 0 Å². The average molecular weight is 204 g/mol. The molecule has 13 heavy (non-hydrogen) atoms. The third-order valence-corrected chi connectivity index (χ3v) is 3.12. The summed E-state index contributed by atoms with van der Waals surface area (Å²) in [5.74, 6) is 0.823. The molecule has 0 aromatic carbocycles. The van der Waals surface area contributed by atoms with Crippen molar-refractivity contribution in [3.63, 3.8) is 0 Å². The highest BCUT2D eigenvalue weighted by Gasteiger charge is 2.11. The van der Waals surface area contributed by atoms with E-state index in [0.29, 0.717) is 0 Å². The van der Waals surface area contributed by atoms with Crippen LogP contribution in [0.5, 0.6) is 0 Å². The molecule has 0 bridgehead atoms. The van der Waals surface area contributed by atoms with Crippen molar-refractivity contribution in [2.45, 2.75) is 57.4 Å². The standard InChI is InChI=1S/C11H22ClN/c12-9-5-2-6-10-13-11-7-3-1-4-8-11/h11,13H,1-10H2. The first kappa shape index (κ1) is 11.3. The zero-order chi connectivity index (χ0) is 9.36. The number of hydrogen-bond donors (Lipinski definition) is 1. The quantitative estimate of drug-likeness (QED) is 0.516. The zero-order valence-corrected chi connectivity index (χ0v) is 9.28. The Labute approximate surface area is 87.2 Å². The Morgan fingerprint density at radius 1 is 1.00 bits per heavy atom. The number of halogens is 1. The van der Waals surface area contributed by atoms with Gasteiger partial charge in [-0.05, 0) is 32.2 Å². The van der Waals surface area contributed by atoms with Crippen LogP contribution < -0.4 is 5.32 Å². The summed E-state index contributed by atoms with van der Waals surface area (Å²) in [5.41, 5.74) is 0. The van der Waals surface area contributed by atoms with E-state index < -0.39 is 0 Å². The second kappa shape index (κ2) is 7.64. The van der Waals surface area contributed by atoms with Crippen LogP contribution in [0.15, 0.2) is 0 Å². The molecular formula is C11H22ClN. The maximum absolute atomic E-state index is 5.61. The van der Waals surface area contributed by atoms with Gasteiger partial charge < -0.3 is 5.32 Å². The normalized spacial score (nSPS) is 19.2. The molecule has 1 aliphatic carbocycles. The minimum absolute atomic E-state index is 0.823. The summed E-state index contributed by atoms with van der Waals surface area (Å²) in [6, 6.07) is 0.824. The van der Waals surface area contributed by atoms with E-state index in [0.717, 1.165) is 11.9 Å². The SMILES string of the molecule is ClCCCCCNC1CCCCC1. The Morgan fingerprint density at radius 3 is 2.46 bits per heavy atom. The lowest BCUT2D eigenvalue weighted by atomic mass is 9.95. The van der Waals surface area contributed by atoms with Gasteiger partial charge in [-0.15, -0.1) is 11.6 Å². The van der Waals surface area contributed by atoms with Gasteiger partial charge in [0.05, 0.1) is 0 Å². The first-order chi connectivity index (χ1) is 6.43. The van der Waals surface area contributed by atoms with Crippen molar-refractivity contribution < 1.29 is 0 Å². The van der Waals surface area contributed by atoms with Gasteiger partial charge in [-0.25, -0.2) is 0 Å². The fraction of sp³-hybridized carbons (Fsp3) is 1.00. The van der Waals surface area contributed by atoms with Crippen molar-refractivity contribution in [1.82, 2.24) is 5.32 Å². The summed E-state index contributed by atoms with van der Waals surface area (Å²) >= 11 is 5.61. The summed E-state index contributed by atoms with van der Waals surface area (Å²) in [6.07, 6.45) is 10.9. The Morgan fingerprint density at radius 2 is 1.77 bits per heavy atom. The Balaban J connectivity index is 1.86. The van der Waals surface area contributed by atoms with Crippen molar-refractivity contribution >= 4 is 11.6 Å². The van der Waals surface area contributed by atoms with Gasteiger partial charge >= 0.3 is 0 Å². The van der Waals surface area contributed by atoms with E-state index in [1.807, 2.05) is 0 Å². The number of hydrogen-bond acceptors (Lipinski definition) is 1. The molecule has 0 aromatic rings. The first-order valence-corrected chi connectivity index (χ1v) is 6.26. The largest absolute Gasteiger partial charge is 0.314 e. The maximum Gasteiger partial charge on any atom is 0.0223 e. The van der Waals surface area contributed by atoms with Crippen LogP contribution in [0.25, 0.3) is 0 Å². The molecule has 0 aromatic heterocycles. The molecule has 1 rings (SSSR count). The minimum Gasteiger partial charge on any atom is -0.314 e. The third kappa shape index (κ3) is 5.53. The highest BCUT2D eigenvalue weighted by atomic mass is 35.5. The average Bonchev–Trinajstić information content (AvgIpc) is 2.19. The smallest absolute Gasteiger partial charge is 0.0223 e. The summed E-state index contributed by atoms with van der Waals surface area (Å²) in [7, 11) is 0. The van der Waals surface area contributed by atoms with Crippen LogP contribution >= 0.6 is 11.6 Å². The highest BCUT2D eigenvalue weighted by molar-refractivity contribution is 6.17. The van der Waals surface area contributed by atoms with Crippen LogP contribution in [-0.4, -0.2) is 18.5 Å². The molecule has 0 spiro atoms. The van der Waals surface area contributed by atoms with Gasteiger partial charge in [0, 0.05) is 11.9 Å². The van der Waals surface area contributed by atoms with E-state index in [2.05, 4.69) is 5.32 Å². The molecule has 1 N–H and O–H groups in total. The summed E-state index contributed by atoms with van der Waals surface area (Å²) < 4.78 is 0. The molecule has 1 aliphatic rings. The number of nitrogens with one attached hydrogen (secondary N) is 1. The Bertz CT molecular complexity index is 111. The van der Waals surface area contributed by atoms with E-state index in [9.17, 15) is 0 Å². The summed E-state index contributed by atoms with van der Waals surface area (Å²) in [5, 5.41) is 3.64. The molecule has 0 atom stereocenters. The molecule has 0 radical (unpaired) electrons. The van der Waals surface area contributed by atoms with E-state index in [1.54, 1.807) is 0 Å². The summed E-state index contributed by atoms with van der Waals surface area (Å²) in [4.78, 5) is 0. The van der Waals surface area contributed by atoms with Crippen molar-refractivity contribution in [3.8, 4) is 0 Å². The minimum atomic E-state index is 0.823. The zero-order valence-electron chi connectivity index (χ0n) is 8.53. The molecule has 1 saturated carbocycles. The summed E-state index contributed by atoms with van der Waals surface area (Å²) in [6.45, 7) is 1.20. The van der Waals surface area contributed by atoms with Crippen molar-refractivity contribution in [1.29, 1.82) is 0 Å². The molecule has 78 valence electrons. The highest BCUT2D eigenvalue weighted by Crippen LogP contribution is 2.17. The van der Waals surface area contributed by atoms with Crippen LogP contribution in [0.4, 0.5) is 0 Å². The van der Waals surface area contributed by atoms with Crippen LogP contribution in [0.2, 0.25) is 0 Å². The van der Waals surface area contributed by atoms with Crippen molar-refractivity contribution in [2.24, 2.45) is 0 Å². The third-order valence-electron chi connectivity index (χ3n) is 2.85. The molecule has 0 aliphatic heterocycles. The van der Waals surface area contributed by atoms with Crippen LogP contribution in [0.1, 0.15) is 51.4 Å². The Kier molecular flexibility index (Phi) is 6.65. The van der Waals surface area contributed by atoms with Gasteiger partial charge in [0.2, 0.25) is 0 Å². The van der Waals surface area contributed by atoms with Crippen LogP contribution in [0, 0.1) is 0 Å². The molecule has 0 unspecified atom stereocenters. The van der Waals surface area contributed by atoms with Gasteiger partial charge in [-0.3, -0.25) is 0 Å². The topological polar surface area (TPSA) is 12.0 Å². The maximum atomic E-state index is 5.61. The molecule has 2 heteroatoms. The van der Waals surface area contributed by atoms with Crippen LogP contribution in [0.3, 0.4) is 0 Å². The van der Waals surface area contributed by atoms with Gasteiger partial charge in [0.1, 0.15) is 0 Å². The van der Waals surface area contributed by atoms with E-state index in [1.165, 1.54) is 57.9 Å². The first-order valence-electron chi connectivity index (χ1n) is 5.73. The Hall–Kier alpha value is 0.250. The predicted octanol–water partition coefficient (Wildman–Crippen LogP) is 3.32. The van der Waals surface area contributed by atoms with E-state index in [4.69, 9.17) is 11.6 Å². The fourth-order valence-electron chi connectivity index (χ4n) is 2.01. The fourth-order valence-corrected chi connectivity index (χ4v) is 2.20. The molecule has 0 heterocycles. The van der Waals surface area contributed by atoms with E-state index in [-0.39, 0.29) is 0 Å². The number of rotatable bonds is 6. The molecule has 0 amide bonds. The molecule has 1 fully saturated rings. The lowest BCUT2D eigenvalue weighted by molar-refractivity contribution is 0.371. The number of alkyl halides is 1. The second-order valence-corrected chi connectivity index (χ2v) is 4.42. The number of unbranched alkanes of at least 4 members (excludes halogenated alkanes) is 2. The molecule has 0 saturated heterocycles. The van der Waals surface area contributed by atoms with Crippen molar-refractivity contribution in [3.05, 3.63) is 0 Å². The lowest BCUT2D eigenvalue weighted by Gasteiger charge is -2.22. The van der Waals surface area contributed by atoms with Gasteiger partial charge in [0.15, 0.2) is 0 Å². The monoisotopic (exact) mass is 203 g/mol. The molecule has 1 nitrogen and oxygen atoms in total. The lowest BCUT2D eigenvalue weighted by Crippen LogP contribution is -2.31. The van der Waals surface area contributed by atoms with Gasteiger partial charge in [0.25, 0.3) is 0 Å². The van der Waals surface area contributed by atoms with Crippen molar-refractivity contribution in [2.75, 3.05) is 12.4 Å². The molecular weight excluding hydrogens is 182 g/mol. The van der Waals surface area contributed by atoms with Crippen LogP contribution in [-0.2, 0) is 0 Å². The van der Waals surface area contributed by atoms with E-state index >= 15 is 0 Å². The second-order valence-electron chi connectivity index (χ2n) is 4.04. The van der Waals surface area contributed by atoms with Gasteiger partial charge in [-0.1, -0.05) is 25.7 Å². The predicted molar refractivity (Wildman–Crippen MR) is 59.4 cm³/mol.